The van der Waals surface area contributed by atoms with E-state index in [1.165, 1.54) is 5.69 Å². The third-order valence-corrected chi connectivity index (χ3v) is 5.71. The molecule has 28 heavy (non-hydrogen) atoms. The number of rotatable bonds is 4. The number of imidazole rings is 1. The quantitative estimate of drug-likeness (QED) is 0.576. The topological polar surface area (TPSA) is 61.6 Å². The number of fused-ring (bicyclic) bond motifs is 1. The Kier molecular flexibility index (Phi) is 4.42. The molecule has 1 aromatic carbocycles. The van der Waals surface area contributed by atoms with Crippen LogP contribution in [0.2, 0.25) is 0 Å². The Bertz CT molecular complexity index is 1060. The van der Waals surface area contributed by atoms with Crippen molar-refractivity contribution in [3.05, 3.63) is 53.7 Å². The van der Waals surface area contributed by atoms with Crippen LogP contribution in [0.5, 0.6) is 0 Å². The summed E-state index contributed by atoms with van der Waals surface area (Å²) in [6.07, 6.45) is 5.56. The van der Waals surface area contributed by atoms with Gasteiger partial charge in [0.1, 0.15) is 0 Å². The molecule has 1 aliphatic rings. The van der Waals surface area contributed by atoms with Crippen molar-refractivity contribution < 1.29 is 0 Å². The molecule has 1 saturated heterocycles. The number of nitrogens with one attached hydrogen (secondary N) is 1. The van der Waals surface area contributed by atoms with Gasteiger partial charge in [-0.05, 0) is 31.3 Å². The number of hydrogen-bond donors (Lipinski definition) is 1. The van der Waals surface area contributed by atoms with Crippen LogP contribution < -0.4 is 10.2 Å². The highest BCUT2D eigenvalue weighted by atomic mass is 32.1. The first-order valence-corrected chi connectivity index (χ1v) is 10.2. The molecule has 7 nitrogen and oxygen atoms in total. The van der Waals surface area contributed by atoms with Crippen LogP contribution in [0.25, 0.3) is 17.0 Å². The Labute approximate surface area is 167 Å². The Morgan fingerprint density at radius 2 is 1.82 bits per heavy atom. The van der Waals surface area contributed by atoms with E-state index in [-0.39, 0.29) is 0 Å². The predicted molar refractivity (Wildman–Crippen MR) is 114 cm³/mol. The van der Waals surface area contributed by atoms with E-state index in [1.54, 1.807) is 17.5 Å². The second-order valence-corrected chi connectivity index (χ2v) is 7.67. The van der Waals surface area contributed by atoms with Crippen molar-refractivity contribution in [3.63, 3.8) is 0 Å². The van der Waals surface area contributed by atoms with E-state index in [1.807, 2.05) is 27.7 Å². The minimum Gasteiger partial charge on any atom is -0.369 e. The molecule has 0 saturated carbocycles. The normalized spacial score (nSPS) is 15.2. The van der Waals surface area contributed by atoms with Gasteiger partial charge < -0.3 is 15.1 Å². The SMILES string of the molecule is CN1CCN(c2ccc(Nc3ncc(-c4cscn4)n4ccnc34)cc2)CC1. The minimum atomic E-state index is 0.733. The molecule has 1 fully saturated rings. The fourth-order valence-corrected chi connectivity index (χ4v) is 4.04. The Hall–Kier alpha value is -2.97. The van der Waals surface area contributed by atoms with Crippen LogP contribution in [0.1, 0.15) is 0 Å². The van der Waals surface area contributed by atoms with Gasteiger partial charge in [-0.2, -0.15) is 0 Å². The number of nitrogens with zero attached hydrogens (tertiary/aromatic N) is 6. The molecule has 8 heteroatoms. The lowest BCUT2D eigenvalue weighted by Crippen LogP contribution is -2.44. The van der Waals surface area contributed by atoms with Gasteiger partial charge in [0.05, 0.1) is 23.1 Å². The van der Waals surface area contributed by atoms with E-state index in [2.05, 4.69) is 61.4 Å². The molecular weight excluding hydrogens is 370 g/mol. The molecule has 4 heterocycles. The van der Waals surface area contributed by atoms with Crippen molar-refractivity contribution in [1.29, 1.82) is 0 Å². The summed E-state index contributed by atoms with van der Waals surface area (Å²) in [6.45, 7) is 4.34. The highest BCUT2D eigenvalue weighted by Gasteiger charge is 2.15. The van der Waals surface area contributed by atoms with E-state index in [4.69, 9.17) is 0 Å². The largest absolute Gasteiger partial charge is 0.369 e. The van der Waals surface area contributed by atoms with Crippen LogP contribution in [-0.2, 0) is 0 Å². The number of anilines is 3. The summed E-state index contributed by atoms with van der Waals surface area (Å²) in [7, 11) is 2.17. The van der Waals surface area contributed by atoms with E-state index in [0.717, 1.165) is 54.7 Å². The van der Waals surface area contributed by atoms with Gasteiger partial charge in [0.15, 0.2) is 11.5 Å². The average molecular weight is 392 g/mol. The lowest BCUT2D eigenvalue weighted by molar-refractivity contribution is 0.313. The van der Waals surface area contributed by atoms with Gasteiger partial charge in [0.25, 0.3) is 0 Å². The predicted octanol–water partition coefficient (Wildman–Crippen LogP) is 3.35. The van der Waals surface area contributed by atoms with Gasteiger partial charge in [-0.25, -0.2) is 15.0 Å². The number of likely N-dealkylation sites (N-methyl/N-ethyl adjacent to an activating group) is 1. The Balaban J connectivity index is 1.38. The molecule has 0 atom stereocenters. The van der Waals surface area contributed by atoms with Crippen LogP contribution in [0.15, 0.2) is 53.7 Å². The van der Waals surface area contributed by atoms with Crippen molar-refractivity contribution in [3.8, 4) is 11.4 Å². The van der Waals surface area contributed by atoms with Crippen LogP contribution in [0.3, 0.4) is 0 Å². The molecule has 1 N–H and O–H groups in total. The first kappa shape index (κ1) is 17.2. The van der Waals surface area contributed by atoms with Gasteiger partial charge in [-0.1, -0.05) is 0 Å². The number of benzene rings is 1. The highest BCUT2D eigenvalue weighted by molar-refractivity contribution is 7.07. The first-order valence-electron chi connectivity index (χ1n) is 9.29. The highest BCUT2D eigenvalue weighted by Crippen LogP contribution is 2.26. The van der Waals surface area contributed by atoms with Crippen LogP contribution in [0, 0.1) is 0 Å². The molecule has 1 aliphatic heterocycles. The van der Waals surface area contributed by atoms with Gasteiger partial charge in [0, 0.05) is 55.3 Å². The monoisotopic (exact) mass is 391 g/mol. The summed E-state index contributed by atoms with van der Waals surface area (Å²) >= 11 is 1.57. The molecule has 0 amide bonds. The summed E-state index contributed by atoms with van der Waals surface area (Å²) < 4.78 is 2.02. The van der Waals surface area contributed by atoms with Gasteiger partial charge >= 0.3 is 0 Å². The van der Waals surface area contributed by atoms with Crippen molar-refractivity contribution in [2.45, 2.75) is 0 Å². The van der Waals surface area contributed by atoms with Gasteiger partial charge in [-0.15, -0.1) is 11.3 Å². The molecule has 0 spiro atoms. The zero-order valence-electron chi connectivity index (χ0n) is 15.6. The second-order valence-electron chi connectivity index (χ2n) is 6.95. The molecular formula is C20H21N7S. The fraction of sp³-hybridized carbons (Fsp3) is 0.250. The zero-order chi connectivity index (χ0) is 18.9. The van der Waals surface area contributed by atoms with Crippen LogP contribution in [-0.4, -0.2) is 57.5 Å². The summed E-state index contributed by atoms with van der Waals surface area (Å²) in [5, 5.41) is 5.42. The molecule has 0 unspecified atom stereocenters. The average Bonchev–Trinajstić information content (AvgIpc) is 3.42. The van der Waals surface area contributed by atoms with E-state index in [9.17, 15) is 0 Å². The zero-order valence-corrected chi connectivity index (χ0v) is 16.4. The smallest absolute Gasteiger partial charge is 0.180 e. The maximum absolute atomic E-state index is 4.61. The maximum atomic E-state index is 4.61. The summed E-state index contributed by atoms with van der Waals surface area (Å²) in [5.41, 5.74) is 6.71. The van der Waals surface area contributed by atoms with E-state index < -0.39 is 0 Å². The third-order valence-electron chi connectivity index (χ3n) is 5.12. The van der Waals surface area contributed by atoms with Crippen LogP contribution in [0.4, 0.5) is 17.2 Å². The second kappa shape index (κ2) is 7.21. The standard InChI is InChI=1S/C20H21N7S/c1-25-8-10-26(11-9-25)16-4-2-15(3-5-16)24-19-20-21-6-7-27(20)18(12-22-19)17-13-28-14-23-17/h2-7,12-14H,8-11H2,1H3,(H,22,24). The molecule has 0 aliphatic carbocycles. The summed E-state index contributed by atoms with van der Waals surface area (Å²) in [5.74, 6) is 0.733. The van der Waals surface area contributed by atoms with Crippen molar-refractivity contribution >= 4 is 34.2 Å². The minimum absolute atomic E-state index is 0.733. The lowest BCUT2D eigenvalue weighted by Gasteiger charge is -2.34. The molecule has 0 radical (unpaired) electrons. The molecule has 5 rings (SSSR count). The number of piperazine rings is 1. The summed E-state index contributed by atoms with van der Waals surface area (Å²) in [4.78, 5) is 18.3. The van der Waals surface area contributed by atoms with Crippen molar-refractivity contribution in [2.24, 2.45) is 0 Å². The lowest BCUT2D eigenvalue weighted by atomic mass is 10.2. The molecule has 142 valence electrons. The maximum Gasteiger partial charge on any atom is 0.180 e. The van der Waals surface area contributed by atoms with E-state index in [0.29, 0.717) is 0 Å². The van der Waals surface area contributed by atoms with Crippen molar-refractivity contribution in [1.82, 2.24) is 24.3 Å². The number of hydrogen-bond acceptors (Lipinski definition) is 7. The third kappa shape index (κ3) is 3.21. The van der Waals surface area contributed by atoms with Crippen LogP contribution >= 0.6 is 11.3 Å². The molecule has 3 aromatic heterocycles. The van der Waals surface area contributed by atoms with Crippen molar-refractivity contribution in [2.75, 3.05) is 43.4 Å². The Morgan fingerprint density at radius 3 is 2.57 bits per heavy atom. The first-order chi connectivity index (χ1) is 13.8. The fourth-order valence-electron chi connectivity index (χ4n) is 3.49. The number of aromatic nitrogens is 4. The summed E-state index contributed by atoms with van der Waals surface area (Å²) in [6, 6.07) is 8.53. The Morgan fingerprint density at radius 1 is 1.00 bits per heavy atom. The van der Waals surface area contributed by atoms with E-state index >= 15 is 0 Å². The van der Waals surface area contributed by atoms with Gasteiger partial charge in [-0.3, -0.25) is 4.40 Å². The molecule has 0 bridgehead atoms. The molecule has 4 aromatic rings. The number of thiazole rings is 1. The van der Waals surface area contributed by atoms with Gasteiger partial charge in [0.2, 0.25) is 0 Å².